The van der Waals surface area contributed by atoms with Gasteiger partial charge in [0.2, 0.25) is 5.91 Å². The van der Waals surface area contributed by atoms with Crippen molar-refractivity contribution in [3.8, 4) is 0 Å². The van der Waals surface area contributed by atoms with Crippen LogP contribution >= 0.6 is 7.82 Å². The van der Waals surface area contributed by atoms with Crippen LogP contribution in [-0.2, 0) is 18.4 Å². The molecule has 8 nitrogen and oxygen atoms in total. The summed E-state index contributed by atoms with van der Waals surface area (Å²) in [4.78, 5) is 23.2. The molecule has 0 aliphatic rings. The zero-order chi connectivity index (χ0) is 49.9. The Labute approximate surface area is 417 Å². The van der Waals surface area contributed by atoms with Crippen molar-refractivity contribution in [2.24, 2.45) is 0 Å². The van der Waals surface area contributed by atoms with Gasteiger partial charge in [0.25, 0.3) is 0 Å². The SMILES string of the molecule is CC/C=C\C/C=C\C/C=C\C/C=C\C/C=C\C/C=C\C/C=C\C/C=C\C/C=C\CCCCCC(=O)NC(COP(=O)(O)OCC[N+](C)(C)C)C(O)/C=C/CC/C=C/CCCCCCCCCCC. The number of carbonyl (C=O) groups excluding carboxylic acids is 1. The van der Waals surface area contributed by atoms with E-state index >= 15 is 0 Å². The van der Waals surface area contributed by atoms with Crippen molar-refractivity contribution >= 4 is 13.7 Å². The Morgan fingerprint density at radius 2 is 0.897 bits per heavy atom. The maximum absolute atomic E-state index is 12.9. The van der Waals surface area contributed by atoms with E-state index in [9.17, 15) is 19.4 Å². The summed E-state index contributed by atoms with van der Waals surface area (Å²) < 4.78 is 23.6. The fourth-order valence-electron chi connectivity index (χ4n) is 6.69. The van der Waals surface area contributed by atoms with Gasteiger partial charge in [0.05, 0.1) is 39.9 Å². The Bertz CT molecular complexity index is 1560. The van der Waals surface area contributed by atoms with Crippen LogP contribution in [0.25, 0.3) is 0 Å². The lowest BCUT2D eigenvalue weighted by Gasteiger charge is -2.25. The van der Waals surface area contributed by atoms with Gasteiger partial charge in [-0.2, -0.15) is 0 Å². The lowest BCUT2D eigenvalue weighted by atomic mass is 10.1. The third-order valence-electron chi connectivity index (χ3n) is 10.9. The highest BCUT2D eigenvalue weighted by Gasteiger charge is 2.27. The molecule has 0 radical (unpaired) electrons. The van der Waals surface area contributed by atoms with E-state index in [1.54, 1.807) is 6.08 Å². The van der Waals surface area contributed by atoms with Crippen LogP contribution in [0.5, 0.6) is 0 Å². The van der Waals surface area contributed by atoms with Crippen LogP contribution in [0.1, 0.15) is 181 Å². The summed E-state index contributed by atoms with van der Waals surface area (Å²) in [5, 5.41) is 13.8. The minimum Gasteiger partial charge on any atom is -0.387 e. The number of nitrogens with one attached hydrogen (secondary N) is 1. The second-order valence-electron chi connectivity index (χ2n) is 18.5. The first-order valence-corrected chi connectivity index (χ1v) is 28.1. The lowest BCUT2D eigenvalue weighted by molar-refractivity contribution is -0.870. The number of rotatable bonds is 46. The number of phosphoric acid groups is 1. The number of hydrogen-bond donors (Lipinski definition) is 3. The molecule has 0 spiro atoms. The van der Waals surface area contributed by atoms with E-state index in [0.717, 1.165) is 96.3 Å². The number of nitrogens with zero attached hydrogens (tertiary/aromatic N) is 1. The largest absolute Gasteiger partial charge is 0.472 e. The first-order chi connectivity index (χ1) is 33.0. The van der Waals surface area contributed by atoms with Crippen molar-refractivity contribution in [2.45, 2.75) is 193 Å². The quantitative estimate of drug-likeness (QED) is 0.0243. The van der Waals surface area contributed by atoms with Crippen LogP contribution in [0.2, 0.25) is 0 Å². The third kappa shape index (κ3) is 50.5. The normalized spacial score (nSPS) is 15.1. The van der Waals surface area contributed by atoms with E-state index in [0.29, 0.717) is 23.9 Å². The molecule has 0 aliphatic heterocycles. The van der Waals surface area contributed by atoms with E-state index in [1.165, 1.54) is 57.8 Å². The summed E-state index contributed by atoms with van der Waals surface area (Å²) in [5.74, 6) is -0.226. The molecule has 0 saturated carbocycles. The van der Waals surface area contributed by atoms with Gasteiger partial charge in [0.1, 0.15) is 13.2 Å². The van der Waals surface area contributed by atoms with E-state index in [2.05, 4.69) is 141 Å². The number of hydrogen-bond acceptors (Lipinski definition) is 5. The first kappa shape index (κ1) is 64.6. The molecule has 9 heteroatoms. The van der Waals surface area contributed by atoms with E-state index < -0.39 is 20.0 Å². The molecule has 0 aromatic rings. The van der Waals surface area contributed by atoms with Crippen molar-refractivity contribution in [3.63, 3.8) is 0 Å². The molecule has 3 atom stereocenters. The average Bonchev–Trinajstić information content (AvgIpc) is 3.30. The second-order valence-corrected chi connectivity index (χ2v) is 20.0. The molecular weight excluding hydrogens is 864 g/mol. The van der Waals surface area contributed by atoms with Crippen molar-refractivity contribution in [1.82, 2.24) is 5.32 Å². The number of aliphatic hydroxyl groups is 1. The van der Waals surface area contributed by atoms with Gasteiger partial charge >= 0.3 is 7.82 Å². The highest BCUT2D eigenvalue weighted by atomic mass is 31.2. The van der Waals surface area contributed by atoms with Gasteiger partial charge in [-0.05, 0) is 103 Å². The zero-order valence-electron chi connectivity index (χ0n) is 43.8. The summed E-state index contributed by atoms with van der Waals surface area (Å²) in [5.41, 5.74) is 0. The summed E-state index contributed by atoms with van der Waals surface area (Å²) in [6.07, 6.45) is 74.0. The van der Waals surface area contributed by atoms with Gasteiger partial charge in [-0.25, -0.2) is 4.57 Å². The molecule has 1 amide bonds. The van der Waals surface area contributed by atoms with Gasteiger partial charge < -0.3 is 19.8 Å². The number of allylic oxidation sites excluding steroid dienone is 21. The van der Waals surface area contributed by atoms with Crippen LogP contribution in [0.4, 0.5) is 0 Å². The first-order valence-electron chi connectivity index (χ1n) is 26.6. The predicted molar refractivity (Wildman–Crippen MR) is 294 cm³/mol. The average molecular weight is 964 g/mol. The number of likely N-dealkylation sites (N-methyl/N-ethyl adjacent to an activating group) is 1. The monoisotopic (exact) mass is 964 g/mol. The van der Waals surface area contributed by atoms with Crippen molar-refractivity contribution < 1.29 is 32.9 Å². The summed E-state index contributed by atoms with van der Waals surface area (Å²) >= 11 is 0. The minimum atomic E-state index is -4.37. The predicted octanol–water partition coefficient (Wildman–Crippen LogP) is 16.0. The number of aliphatic hydroxyl groups excluding tert-OH is 1. The van der Waals surface area contributed by atoms with Crippen LogP contribution in [0.15, 0.2) is 134 Å². The Kier molecular flexibility index (Phi) is 46.3. The molecule has 0 rings (SSSR count). The van der Waals surface area contributed by atoms with Crippen LogP contribution in [0.3, 0.4) is 0 Å². The van der Waals surface area contributed by atoms with Crippen LogP contribution < -0.4 is 5.32 Å². The smallest absolute Gasteiger partial charge is 0.387 e. The number of phosphoric ester groups is 1. The molecule has 68 heavy (non-hydrogen) atoms. The van der Waals surface area contributed by atoms with Gasteiger partial charge in [-0.15, -0.1) is 0 Å². The van der Waals surface area contributed by atoms with Gasteiger partial charge in [0, 0.05) is 6.42 Å². The number of quaternary nitrogens is 1. The fourth-order valence-corrected chi connectivity index (χ4v) is 7.43. The molecule has 0 aromatic carbocycles. The molecule has 3 unspecified atom stereocenters. The maximum atomic E-state index is 12.9. The van der Waals surface area contributed by atoms with E-state index in [4.69, 9.17) is 9.05 Å². The Balaban J connectivity index is 4.39. The molecule has 0 aliphatic carbocycles. The topological polar surface area (TPSA) is 105 Å². The van der Waals surface area contributed by atoms with Crippen molar-refractivity contribution in [3.05, 3.63) is 134 Å². The molecule has 386 valence electrons. The highest BCUT2D eigenvalue weighted by Crippen LogP contribution is 2.43. The van der Waals surface area contributed by atoms with Gasteiger partial charge in [0.15, 0.2) is 0 Å². The lowest BCUT2D eigenvalue weighted by Crippen LogP contribution is -2.45. The maximum Gasteiger partial charge on any atom is 0.472 e. The van der Waals surface area contributed by atoms with Gasteiger partial charge in [-0.3, -0.25) is 13.8 Å². The summed E-state index contributed by atoms with van der Waals surface area (Å²) in [6.45, 7) is 4.62. The van der Waals surface area contributed by atoms with Crippen LogP contribution in [0, 0.1) is 0 Å². The fraction of sp³-hybridized carbons (Fsp3) is 0.610. The van der Waals surface area contributed by atoms with Crippen LogP contribution in [-0.4, -0.2) is 73.4 Å². The van der Waals surface area contributed by atoms with E-state index in [-0.39, 0.29) is 19.1 Å². The molecule has 0 aromatic heterocycles. The molecule has 0 bridgehead atoms. The second kappa shape index (κ2) is 48.7. The Hall–Kier alpha value is -3.36. The highest BCUT2D eigenvalue weighted by molar-refractivity contribution is 7.47. The van der Waals surface area contributed by atoms with Crippen molar-refractivity contribution in [1.29, 1.82) is 0 Å². The summed E-state index contributed by atoms with van der Waals surface area (Å²) in [6, 6.07) is -0.891. The van der Waals surface area contributed by atoms with E-state index in [1.807, 2.05) is 27.2 Å². The number of carbonyl (C=O) groups is 1. The third-order valence-corrected chi connectivity index (χ3v) is 11.8. The van der Waals surface area contributed by atoms with Gasteiger partial charge in [-0.1, -0.05) is 205 Å². The Morgan fingerprint density at radius 1 is 0.515 bits per heavy atom. The number of amides is 1. The zero-order valence-corrected chi connectivity index (χ0v) is 44.7. The number of unbranched alkanes of at least 4 members (excludes halogenated alkanes) is 13. The van der Waals surface area contributed by atoms with Crippen molar-refractivity contribution in [2.75, 3.05) is 40.9 Å². The molecule has 3 N–H and O–H groups in total. The molecular formula is C59H100N2O6P+. The molecule has 0 heterocycles. The standard InChI is InChI=1S/C59H99N2O6P/c1-6-8-10-12-14-16-18-20-22-23-24-25-26-27-28-29-30-31-32-33-34-35-36-37-39-41-43-45-47-49-51-53-59(63)60-57(56-67-68(64,65)66-55-54-61(3,4)5)58(62)52-50-48-46-44-42-40-38-21-19-17-15-13-11-9-7-2/h8,10,14,16,20,22,24-25,27-28,30-31,33-34,36-37,41-44,50,52,57-58,62H,6-7,9,11-13,15,17-19,21,23,26,29,32,35,38-40,45-49,51,53-56H2,1-5H3,(H-,60,63,64,65)/p+1/b10-8-,16-14-,22-20-,25-24-,28-27-,31-30-,34-33-,37-36-,43-41-,44-42+,52-50+. The minimum absolute atomic E-state index is 0.0414. The summed E-state index contributed by atoms with van der Waals surface area (Å²) in [7, 11) is 1.51. The molecule has 0 fully saturated rings. The molecule has 0 saturated heterocycles. The Morgan fingerprint density at radius 3 is 1.35 bits per heavy atom.